The summed E-state index contributed by atoms with van der Waals surface area (Å²) >= 11 is 0. The Bertz CT molecular complexity index is 1050. The number of imidazole rings is 1. The Hall–Kier alpha value is -3.20. The standard InChI is InChI=1S/C18H18N6O3/c1-25-9-12-14-8-16-17(18-19-5-6-27-18)20-10-23(16)13-4-3-11(26-2)7-15(13)24(14)22-21-12/h3-4,7,10H,5-6,8-9H2,1-2H3. The van der Waals surface area contributed by atoms with E-state index in [2.05, 4.69) is 24.9 Å². The van der Waals surface area contributed by atoms with Gasteiger partial charge in [0.25, 0.3) is 0 Å². The second kappa shape index (κ2) is 6.20. The molecule has 3 aromatic rings. The molecule has 5 rings (SSSR count). The van der Waals surface area contributed by atoms with Gasteiger partial charge in [0.05, 0.1) is 43.0 Å². The van der Waals surface area contributed by atoms with E-state index in [-0.39, 0.29) is 0 Å². The molecule has 2 aromatic heterocycles. The molecule has 0 radical (unpaired) electrons. The summed E-state index contributed by atoms with van der Waals surface area (Å²) in [6.45, 7) is 1.63. The predicted octanol–water partition coefficient (Wildman–Crippen LogP) is 1.29. The molecule has 0 aliphatic carbocycles. The smallest absolute Gasteiger partial charge is 0.237 e. The number of aromatic nitrogens is 5. The zero-order valence-electron chi connectivity index (χ0n) is 15.0. The highest BCUT2D eigenvalue weighted by Crippen LogP contribution is 2.32. The Morgan fingerprint density at radius 3 is 2.89 bits per heavy atom. The Labute approximate surface area is 155 Å². The lowest BCUT2D eigenvalue weighted by Crippen LogP contribution is -2.09. The van der Waals surface area contributed by atoms with Gasteiger partial charge >= 0.3 is 0 Å². The van der Waals surface area contributed by atoms with Crippen LogP contribution < -0.4 is 4.74 Å². The van der Waals surface area contributed by atoms with Crippen LogP contribution in [0.4, 0.5) is 0 Å². The van der Waals surface area contributed by atoms with Gasteiger partial charge in [0.1, 0.15) is 30.1 Å². The zero-order valence-corrected chi connectivity index (χ0v) is 15.0. The van der Waals surface area contributed by atoms with Crippen LogP contribution in [0.25, 0.3) is 11.4 Å². The summed E-state index contributed by atoms with van der Waals surface area (Å²) in [7, 11) is 3.30. The minimum absolute atomic E-state index is 0.384. The van der Waals surface area contributed by atoms with Crippen LogP contribution in [-0.4, -0.2) is 57.8 Å². The largest absolute Gasteiger partial charge is 0.497 e. The average Bonchev–Trinajstić information content (AvgIpc) is 3.41. The van der Waals surface area contributed by atoms with Crippen LogP contribution in [0.2, 0.25) is 0 Å². The quantitative estimate of drug-likeness (QED) is 0.541. The van der Waals surface area contributed by atoms with Gasteiger partial charge in [-0.3, -0.25) is 4.57 Å². The van der Waals surface area contributed by atoms with Crippen molar-refractivity contribution in [3.8, 4) is 17.1 Å². The molecule has 0 atom stereocenters. The van der Waals surface area contributed by atoms with E-state index in [1.54, 1.807) is 20.5 Å². The second-order valence-corrected chi connectivity index (χ2v) is 6.30. The van der Waals surface area contributed by atoms with Crippen molar-refractivity contribution in [2.24, 2.45) is 4.99 Å². The fraction of sp³-hybridized carbons (Fsp3) is 0.333. The van der Waals surface area contributed by atoms with E-state index in [0.29, 0.717) is 32.1 Å². The van der Waals surface area contributed by atoms with Gasteiger partial charge < -0.3 is 14.2 Å². The number of benzene rings is 1. The number of rotatable bonds is 4. The lowest BCUT2D eigenvalue weighted by atomic mass is 10.1. The van der Waals surface area contributed by atoms with Gasteiger partial charge in [0.15, 0.2) is 0 Å². The fourth-order valence-corrected chi connectivity index (χ4v) is 3.52. The van der Waals surface area contributed by atoms with Gasteiger partial charge in [0, 0.05) is 19.6 Å². The summed E-state index contributed by atoms with van der Waals surface area (Å²) in [4.78, 5) is 9.03. The Kier molecular flexibility index (Phi) is 3.68. The van der Waals surface area contributed by atoms with Crippen molar-refractivity contribution in [3.63, 3.8) is 0 Å². The van der Waals surface area contributed by atoms with Crippen molar-refractivity contribution >= 4 is 5.90 Å². The summed E-state index contributed by atoms with van der Waals surface area (Å²) in [5, 5.41) is 8.70. The molecule has 138 valence electrons. The first kappa shape index (κ1) is 16.0. The summed E-state index contributed by atoms with van der Waals surface area (Å²) in [6.07, 6.45) is 2.39. The zero-order chi connectivity index (χ0) is 18.4. The molecule has 0 fully saturated rings. The number of hydrogen-bond acceptors (Lipinski definition) is 7. The van der Waals surface area contributed by atoms with Crippen LogP contribution in [-0.2, 0) is 22.5 Å². The van der Waals surface area contributed by atoms with Crippen molar-refractivity contribution in [3.05, 3.63) is 47.3 Å². The molecule has 0 spiro atoms. The summed E-state index contributed by atoms with van der Waals surface area (Å²) in [5.41, 5.74) is 5.30. The normalized spacial score (nSPS) is 14.7. The van der Waals surface area contributed by atoms with E-state index < -0.39 is 0 Å². The summed E-state index contributed by atoms with van der Waals surface area (Å²) < 4.78 is 20.3. The first-order valence-corrected chi connectivity index (χ1v) is 8.65. The summed E-state index contributed by atoms with van der Waals surface area (Å²) in [6, 6.07) is 5.86. The minimum Gasteiger partial charge on any atom is -0.497 e. The Morgan fingerprint density at radius 2 is 2.11 bits per heavy atom. The van der Waals surface area contributed by atoms with Crippen molar-refractivity contribution < 1.29 is 14.2 Å². The van der Waals surface area contributed by atoms with Gasteiger partial charge in [0.2, 0.25) is 5.90 Å². The van der Waals surface area contributed by atoms with Crippen molar-refractivity contribution in [1.29, 1.82) is 0 Å². The average molecular weight is 366 g/mol. The molecule has 0 amide bonds. The monoisotopic (exact) mass is 366 g/mol. The van der Waals surface area contributed by atoms with Crippen LogP contribution in [0, 0.1) is 0 Å². The van der Waals surface area contributed by atoms with E-state index in [4.69, 9.17) is 14.2 Å². The van der Waals surface area contributed by atoms with E-state index in [9.17, 15) is 0 Å². The molecule has 9 heteroatoms. The maximum Gasteiger partial charge on any atom is 0.237 e. The molecular weight excluding hydrogens is 348 g/mol. The molecule has 2 aliphatic rings. The van der Waals surface area contributed by atoms with E-state index in [0.717, 1.165) is 39.9 Å². The molecule has 27 heavy (non-hydrogen) atoms. The van der Waals surface area contributed by atoms with Gasteiger partial charge in [-0.1, -0.05) is 5.21 Å². The molecule has 0 bridgehead atoms. The third kappa shape index (κ3) is 2.42. The lowest BCUT2D eigenvalue weighted by Gasteiger charge is -2.11. The Balaban J connectivity index is 1.77. The number of fused-ring (bicyclic) bond motifs is 5. The first-order valence-electron chi connectivity index (χ1n) is 8.65. The molecule has 4 heterocycles. The number of methoxy groups -OCH3 is 2. The third-order valence-corrected chi connectivity index (χ3v) is 4.78. The number of nitrogens with zero attached hydrogens (tertiary/aromatic N) is 6. The highest BCUT2D eigenvalue weighted by molar-refractivity contribution is 5.94. The van der Waals surface area contributed by atoms with E-state index >= 15 is 0 Å². The highest BCUT2D eigenvalue weighted by Gasteiger charge is 2.29. The van der Waals surface area contributed by atoms with E-state index in [1.165, 1.54) is 0 Å². The summed E-state index contributed by atoms with van der Waals surface area (Å²) in [5.74, 6) is 1.34. The van der Waals surface area contributed by atoms with Gasteiger partial charge in [-0.15, -0.1) is 5.10 Å². The van der Waals surface area contributed by atoms with Gasteiger partial charge in [-0.25, -0.2) is 14.7 Å². The SMILES string of the molecule is COCc1nnn2c1Cc1c(C3=NCCO3)ncn1-c1ccc(OC)cc1-2. The lowest BCUT2D eigenvalue weighted by molar-refractivity contribution is 0.180. The maximum atomic E-state index is 5.67. The maximum absolute atomic E-state index is 5.67. The highest BCUT2D eigenvalue weighted by atomic mass is 16.5. The second-order valence-electron chi connectivity index (χ2n) is 6.30. The minimum atomic E-state index is 0.384. The van der Waals surface area contributed by atoms with Crippen LogP contribution >= 0.6 is 0 Å². The number of hydrogen-bond donors (Lipinski definition) is 0. The number of aliphatic imine (C=N–C) groups is 1. The van der Waals surface area contributed by atoms with Gasteiger partial charge in [-0.05, 0) is 12.1 Å². The van der Waals surface area contributed by atoms with Crippen LogP contribution in [0.3, 0.4) is 0 Å². The van der Waals surface area contributed by atoms with Crippen molar-refractivity contribution in [2.45, 2.75) is 13.0 Å². The topological polar surface area (TPSA) is 88.6 Å². The van der Waals surface area contributed by atoms with Crippen molar-refractivity contribution in [1.82, 2.24) is 24.5 Å². The van der Waals surface area contributed by atoms with E-state index in [1.807, 2.05) is 22.9 Å². The van der Waals surface area contributed by atoms with Crippen LogP contribution in [0.1, 0.15) is 22.8 Å². The first-order chi connectivity index (χ1) is 13.3. The number of ether oxygens (including phenoxy) is 3. The third-order valence-electron chi connectivity index (χ3n) is 4.78. The van der Waals surface area contributed by atoms with Crippen molar-refractivity contribution in [2.75, 3.05) is 27.4 Å². The molecule has 0 saturated carbocycles. The predicted molar refractivity (Wildman–Crippen MR) is 95.9 cm³/mol. The molecule has 0 unspecified atom stereocenters. The molecule has 1 aromatic carbocycles. The fourth-order valence-electron chi connectivity index (χ4n) is 3.52. The molecule has 0 N–H and O–H groups in total. The molecular formula is C18H18N6O3. The molecule has 0 saturated heterocycles. The Morgan fingerprint density at radius 1 is 1.19 bits per heavy atom. The van der Waals surface area contributed by atoms with Gasteiger partial charge in [-0.2, -0.15) is 0 Å². The van der Waals surface area contributed by atoms with Crippen LogP contribution in [0.5, 0.6) is 5.75 Å². The van der Waals surface area contributed by atoms with Crippen LogP contribution in [0.15, 0.2) is 29.5 Å². The molecule has 9 nitrogen and oxygen atoms in total. The molecule has 2 aliphatic heterocycles.